The van der Waals surface area contributed by atoms with E-state index >= 15 is 0 Å². The third-order valence-electron chi connectivity index (χ3n) is 5.81. The Balaban J connectivity index is 1.97. The second kappa shape index (κ2) is 10.9. The molecule has 0 radical (unpaired) electrons. The molecule has 2 N–H and O–H groups in total. The van der Waals surface area contributed by atoms with Crippen LogP contribution in [0.2, 0.25) is 0 Å². The van der Waals surface area contributed by atoms with Crippen LogP contribution in [0.15, 0.2) is 65.8 Å². The lowest BCUT2D eigenvalue weighted by atomic mass is 9.94. The molecule has 3 aromatic rings. The molecule has 3 rings (SSSR count). The van der Waals surface area contributed by atoms with Gasteiger partial charge in [0.1, 0.15) is 6.04 Å². The summed E-state index contributed by atoms with van der Waals surface area (Å²) in [5.41, 5.74) is 4.37. The number of aryl methyl sites for hydroxylation is 2. The molecule has 0 saturated carbocycles. The van der Waals surface area contributed by atoms with E-state index in [0.29, 0.717) is 12.0 Å². The van der Waals surface area contributed by atoms with Crippen molar-refractivity contribution in [2.75, 3.05) is 0 Å². The highest BCUT2D eigenvalue weighted by Gasteiger charge is 2.27. The molecular weight excluding hydrogens is 430 g/mol. The van der Waals surface area contributed by atoms with Crippen molar-refractivity contribution in [1.29, 1.82) is 0 Å². The maximum atomic E-state index is 13.4. The molecule has 1 unspecified atom stereocenters. The first kappa shape index (κ1) is 24.9. The highest BCUT2D eigenvalue weighted by Crippen LogP contribution is 2.29. The Bertz CT molecular complexity index is 1210. The third kappa shape index (κ3) is 5.98. The molecule has 34 heavy (non-hydrogen) atoms. The van der Waals surface area contributed by atoms with Gasteiger partial charge in [-0.2, -0.15) is 0 Å². The lowest BCUT2D eigenvalue weighted by Gasteiger charge is -2.25. The normalized spacial score (nSPS) is 12.9. The molecule has 0 aliphatic heterocycles. The maximum Gasteiger partial charge on any atom is 0.305 e. The average molecular weight is 462 g/mol. The van der Waals surface area contributed by atoms with Crippen LogP contribution >= 0.6 is 0 Å². The maximum absolute atomic E-state index is 13.4. The van der Waals surface area contributed by atoms with Crippen LogP contribution in [0.1, 0.15) is 55.5 Å². The zero-order valence-electron chi connectivity index (χ0n) is 20.0. The third-order valence-corrected chi connectivity index (χ3v) is 5.81. The summed E-state index contributed by atoms with van der Waals surface area (Å²) in [6.45, 7) is 7.97. The van der Waals surface area contributed by atoms with Crippen LogP contribution in [-0.2, 0) is 9.59 Å². The summed E-state index contributed by atoms with van der Waals surface area (Å²) in [6, 6.07) is 11.1. The highest BCUT2D eigenvalue weighted by molar-refractivity contribution is 5.82. The Kier molecular flexibility index (Phi) is 7.99. The molecule has 7 nitrogen and oxygen atoms in total. The molecule has 2 aromatic heterocycles. The number of carbonyl (C=O) groups is 2. The summed E-state index contributed by atoms with van der Waals surface area (Å²) in [4.78, 5) is 41.8. The molecule has 0 bridgehead atoms. The lowest BCUT2D eigenvalue weighted by Crippen LogP contribution is -2.40. The fourth-order valence-electron chi connectivity index (χ4n) is 4.24. The number of carboxylic acid groups (broad SMARTS) is 1. The van der Waals surface area contributed by atoms with Gasteiger partial charge in [0.2, 0.25) is 5.91 Å². The van der Waals surface area contributed by atoms with Gasteiger partial charge >= 0.3 is 5.97 Å². The molecule has 0 aliphatic carbocycles. The predicted molar refractivity (Wildman–Crippen MR) is 131 cm³/mol. The van der Waals surface area contributed by atoms with Crippen LogP contribution in [0, 0.1) is 19.8 Å². The van der Waals surface area contributed by atoms with Gasteiger partial charge in [0.15, 0.2) is 0 Å². The highest BCUT2D eigenvalue weighted by atomic mass is 16.4. The monoisotopic (exact) mass is 461 g/mol. The minimum Gasteiger partial charge on any atom is -0.481 e. The molecule has 7 heteroatoms. The van der Waals surface area contributed by atoms with Crippen LogP contribution in [0.3, 0.4) is 0 Å². The number of carbonyl (C=O) groups excluding carboxylic acids is 1. The van der Waals surface area contributed by atoms with E-state index in [9.17, 15) is 19.5 Å². The smallest absolute Gasteiger partial charge is 0.305 e. The lowest BCUT2D eigenvalue weighted by molar-refractivity contribution is -0.138. The predicted octanol–water partition coefficient (Wildman–Crippen LogP) is 4.45. The van der Waals surface area contributed by atoms with E-state index in [2.05, 4.69) is 10.3 Å². The Morgan fingerprint density at radius 2 is 1.76 bits per heavy atom. The Morgan fingerprint density at radius 3 is 2.38 bits per heavy atom. The van der Waals surface area contributed by atoms with E-state index < -0.39 is 24.0 Å². The molecule has 0 fully saturated rings. The molecule has 0 aliphatic rings. The Hall–Kier alpha value is -3.74. The summed E-state index contributed by atoms with van der Waals surface area (Å²) in [5.74, 6) is -1.29. The number of aliphatic carboxylic acids is 1. The van der Waals surface area contributed by atoms with Gasteiger partial charge in [-0.15, -0.1) is 0 Å². The molecule has 0 saturated heterocycles. The molecule has 0 spiro atoms. The SMILES string of the molecule is Cc1cccc(C)c1-c1cncc([C@@H](CC(=O)O)NC(=O)C(CC(C)C)n2ccccc2=O)c1. The van der Waals surface area contributed by atoms with Crippen LogP contribution in [-0.4, -0.2) is 26.5 Å². The van der Waals surface area contributed by atoms with Gasteiger partial charge in [0.25, 0.3) is 5.56 Å². The van der Waals surface area contributed by atoms with Crippen LogP contribution < -0.4 is 10.9 Å². The van der Waals surface area contributed by atoms with Crippen LogP contribution in [0.4, 0.5) is 0 Å². The summed E-state index contributed by atoms with van der Waals surface area (Å²) >= 11 is 0. The molecule has 1 aromatic carbocycles. The number of nitrogens with zero attached hydrogens (tertiary/aromatic N) is 2. The quantitative estimate of drug-likeness (QED) is 0.490. The Morgan fingerprint density at radius 1 is 1.06 bits per heavy atom. The van der Waals surface area contributed by atoms with E-state index in [0.717, 1.165) is 22.3 Å². The van der Waals surface area contributed by atoms with Crippen molar-refractivity contribution in [2.24, 2.45) is 5.92 Å². The molecule has 2 heterocycles. The first-order valence-electron chi connectivity index (χ1n) is 11.4. The summed E-state index contributed by atoms with van der Waals surface area (Å²) in [5, 5.41) is 12.4. The number of pyridine rings is 2. The minimum atomic E-state index is -1.04. The van der Waals surface area contributed by atoms with Crippen LogP contribution in [0.5, 0.6) is 0 Å². The zero-order valence-corrected chi connectivity index (χ0v) is 20.0. The van der Waals surface area contributed by atoms with Crippen molar-refractivity contribution in [3.8, 4) is 11.1 Å². The van der Waals surface area contributed by atoms with Gasteiger partial charge in [-0.3, -0.25) is 19.4 Å². The van der Waals surface area contributed by atoms with Crippen molar-refractivity contribution in [3.05, 3.63) is 88.1 Å². The fraction of sp³-hybridized carbons (Fsp3) is 0.333. The van der Waals surface area contributed by atoms with E-state index in [1.54, 1.807) is 30.7 Å². The van der Waals surface area contributed by atoms with Crippen molar-refractivity contribution in [1.82, 2.24) is 14.9 Å². The van der Waals surface area contributed by atoms with Crippen molar-refractivity contribution < 1.29 is 14.7 Å². The standard InChI is InChI=1S/C27H31N3O4/c1-17(2)12-23(30-11-6-5-10-24(30)31)27(34)29-22(14-25(32)33)20-13-21(16-28-15-20)26-18(3)8-7-9-19(26)4/h5-11,13,15-17,22-23H,12,14H2,1-4H3,(H,29,34)(H,32,33)/t22-,23?/m1/s1. The number of hydrogen-bond donors (Lipinski definition) is 2. The van der Waals surface area contributed by atoms with Gasteiger partial charge in [-0.25, -0.2) is 0 Å². The number of carboxylic acids is 1. The van der Waals surface area contributed by atoms with Gasteiger partial charge < -0.3 is 15.0 Å². The number of benzene rings is 1. The first-order valence-corrected chi connectivity index (χ1v) is 11.4. The van der Waals surface area contributed by atoms with E-state index in [-0.39, 0.29) is 17.9 Å². The van der Waals surface area contributed by atoms with Crippen molar-refractivity contribution >= 4 is 11.9 Å². The summed E-state index contributed by atoms with van der Waals surface area (Å²) < 4.78 is 1.40. The molecule has 178 valence electrons. The average Bonchev–Trinajstić information content (AvgIpc) is 2.77. The minimum absolute atomic E-state index is 0.148. The Labute approximate surface area is 199 Å². The largest absolute Gasteiger partial charge is 0.481 e. The van der Waals surface area contributed by atoms with Gasteiger partial charge in [0, 0.05) is 30.2 Å². The molecule has 1 amide bonds. The van der Waals surface area contributed by atoms with Crippen molar-refractivity contribution in [2.45, 2.75) is 52.6 Å². The number of aromatic nitrogens is 2. The van der Waals surface area contributed by atoms with E-state index in [1.807, 2.05) is 52.0 Å². The van der Waals surface area contributed by atoms with Gasteiger partial charge in [0.05, 0.1) is 12.5 Å². The summed E-state index contributed by atoms with van der Waals surface area (Å²) in [6.07, 6.45) is 5.04. The van der Waals surface area contributed by atoms with Gasteiger partial charge in [-0.1, -0.05) is 38.1 Å². The second-order valence-electron chi connectivity index (χ2n) is 9.02. The molecule has 2 atom stereocenters. The van der Waals surface area contributed by atoms with Gasteiger partial charge in [-0.05, 0) is 60.6 Å². The first-order chi connectivity index (χ1) is 16.2. The molecular formula is C27H31N3O4. The zero-order chi connectivity index (χ0) is 24.8. The second-order valence-corrected chi connectivity index (χ2v) is 9.02. The fourth-order valence-corrected chi connectivity index (χ4v) is 4.24. The topological polar surface area (TPSA) is 101 Å². The number of amides is 1. The number of rotatable bonds is 9. The van der Waals surface area contributed by atoms with Crippen molar-refractivity contribution in [3.63, 3.8) is 0 Å². The number of hydrogen-bond acceptors (Lipinski definition) is 4. The van der Waals surface area contributed by atoms with Crippen LogP contribution in [0.25, 0.3) is 11.1 Å². The van der Waals surface area contributed by atoms with E-state index in [4.69, 9.17) is 0 Å². The summed E-state index contributed by atoms with van der Waals surface area (Å²) in [7, 11) is 0. The number of nitrogens with one attached hydrogen (secondary N) is 1. The van der Waals surface area contributed by atoms with E-state index in [1.165, 1.54) is 10.6 Å².